The number of anilines is 1. The second-order valence-corrected chi connectivity index (χ2v) is 4.23. The number of nitrogens with two attached hydrogens (primary N) is 1. The lowest BCUT2D eigenvalue weighted by atomic mass is 10.1. The third-order valence-corrected chi connectivity index (χ3v) is 2.72. The van der Waals surface area contributed by atoms with Crippen molar-refractivity contribution in [1.29, 1.82) is 0 Å². The smallest absolute Gasteiger partial charge is 0.319 e. The molecular weight excluding hydrogens is 254 g/mol. The monoisotopic (exact) mass is 269 g/mol. The van der Waals surface area contributed by atoms with Gasteiger partial charge in [0.2, 0.25) is 5.91 Å². The fourth-order valence-corrected chi connectivity index (χ4v) is 1.67. The van der Waals surface area contributed by atoms with Crippen molar-refractivity contribution >= 4 is 17.6 Å². The van der Waals surface area contributed by atoms with E-state index in [9.17, 15) is 9.59 Å². The summed E-state index contributed by atoms with van der Waals surface area (Å²) in [5.74, 6) is -0.466. The van der Waals surface area contributed by atoms with E-state index < -0.39 is 5.91 Å². The second-order valence-electron chi connectivity index (χ2n) is 4.23. The number of rotatable bonds is 4. The average Bonchev–Trinajstić information content (AvgIpc) is 2.46. The quantitative estimate of drug-likeness (QED) is 0.794. The molecule has 2 aromatic carbocycles. The van der Waals surface area contributed by atoms with Crippen LogP contribution in [-0.4, -0.2) is 11.9 Å². The topological polar surface area (TPSA) is 84.2 Å². The Kier molecular flexibility index (Phi) is 4.34. The first-order chi connectivity index (χ1) is 9.65. The highest BCUT2D eigenvalue weighted by molar-refractivity contribution is 5.92. The number of benzene rings is 2. The van der Waals surface area contributed by atoms with E-state index in [2.05, 4.69) is 10.6 Å². The third kappa shape index (κ3) is 3.84. The first kappa shape index (κ1) is 13.6. The molecular formula is C15H15N3O2. The van der Waals surface area contributed by atoms with Gasteiger partial charge >= 0.3 is 6.03 Å². The molecule has 0 atom stereocenters. The Morgan fingerprint density at radius 2 is 1.60 bits per heavy atom. The van der Waals surface area contributed by atoms with Crippen molar-refractivity contribution in [2.45, 2.75) is 6.54 Å². The summed E-state index contributed by atoms with van der Waals surface area (Å²) >= 11 is 0. The van der Waals surface area contributed by atoms with Gasteiger partial charge in [0.05, 0.1) is 0 Å². The lowest BCUT2D eigenvalue weighted by molar-refractivity contribution is 0.1000. The molecule has 0 aliphatic heterocycles. The third-order valence-electron chi connectivity index (χ3n) is 2.72. The van der Waals surface area contributed by atoms with Crippen LogP contribution in [-0.2, 0) is 6.54 Å². The van der Waals surface area contributed by atoms with Gasteiger partial charge in [-0.25, -0.2) is 4.79 Å². The Morgan fingerprint density at radius 3 is 2.20 bits per heavy atom. The number of para-hydroxylation sites is 1. The van der Waals surface area contributed by atoms with Gasteiger partial charge in [-0.1, -0.05) is 30.3 Å². The average molecular weight is 269 g/mol. The van der Waals surface area contributed by atoms with E-state index >= 15 is 0 Å². The van der Waals surface area contributed by atoms with Crippen molar-refractivity contribution < 1.29 is 9.59 Å². The lowest BCUT2D eigenvalue weighted by Gasteiger charge is -2.07. The van der Waals surface area contributed by atoms with Crippen LogP contribution in [0.25, 0.3) is 0 Å². The highest BCUT2D eigenvalue weighted by atomic mass is 16.2. The Morgan fingerprint density at radius 1 is 0.950 bits per heavy atom. The van der Waals surface area contributed by atoms with E-state index in [4.69, 9.17) is 5.73 Å². The highest BCUT2D eigenvalue weighted by Crippen LogP contribution is 2.06. The molecule has 0 aliphatic carbocycles. The van der Waals surface area contributed by atoms with Gasteiger partial charge in [-0.05, 0) is 29.8 Å². The molecule has 0 unspecified atom stereocenters. The van der Waals surface area contributed by atoms with Crippen LogP contribution >= 0.6 is 0 Å². The molecule has 0 aromatic heterocycles. The normalized spacial score (nSPS) is 9.80. The van der Waals surface area contributed by atoms with E-state index in [0.717, 1.165) is 11.3 Å². The molecule has 5 heteroatoms. The first-order valence-electron chi connectivity index (χ1n) is 6.14. The van der Waals surface area contributed by atoms with Crippen LogP contribution in [0.15, 0.2) is 54.6 Å². The van der Waals surface area contributed by atoms with Gasteiger partial charge in [-0.15, -0.1) is 0 Å². The Hall–Kier alpha value is -2.82. The minimum atomic E-state index is -0.466. The van der Waals surface area contributed by atoms with Gasteiger partial charge in [0.15, 0.2) is 0 Å². The SMILES string of the molecule is NC(=O)c1ccc(CNC(=O)Nc2ccccc2)cc1. The van der Waals surface area contributed by atoms with Crippen LogP contribution < -0.4 is 16.4 Å². The molecule has 0 bridgehead atoms. The zero-order chi connectivity index (χ0) is 14.4. The summed E-state index contributed by atoms with van der Waals surface area (Å²) in [6.45, 7) is 0.373. The maximum atomic E-state index is 11.7. The van der Waals surface area contributed by atoms with Gasteiger partial charge in [-0.2, -0.15) is 0 Å². The molecule has 0 spiro atoms. The van der Waals surface area contributed by atoms with Crippen LogP contribution in [0.2, 0.25) is 0 Å². The zero-order valence-corrected chi connectivity index (χ0v) is 10.8. The van der Waals surface area contributed by atoms with Crippen molar-refractivity contribution in [3.8, 4) is 0 Å². The minimum Gasteiger partial charge on any atom is -0.366 e. The number of hydrogen-bond acceptors (Lipinski definition) is 2. The summed E-state index contributed by atoms with van der Waals surface area (Å²) in [6, 6.07) is 15.7. The summed E-state index contributed by atoms with van der Waals surface area (Å²) in [4.78, 5) is 22.6. The first-order valence-corrected chi connectivity index (χ1v) is 6.14. The predicted octanol–water partition coefficient (Wildman–Crippen LogP) is 2.11. The van der Waals surface area contributed by atoms with E-state index in [1.807, 2.05) is 18.2 Å². The van der Waals surface area contributed by atoms with Gasteiger partial charge < -0.3 is 16.4 Å². The van der Waals surface area contributed by atoms with Gasteiger partial charge in [-0.3, -0.25) is 4.79 Å². The summed E-state index contributed by atoms with van der Waals surface area (Å²) in [5, 5.41) is 5.45. The second kappa shape index (κ2) is 6.38. The highest BCUT2D eigenvalue weighted by Gasteiger charge is 2.02. The van der Waals surface area contributed by atoms with E-state index in [0.29, 0.717) is 12.1 Å². The summed E-state index contributed by atoms with van der Waals surface area (Å²) in [5.41, 5.74) is 7.22. The number of urea groups is 1. The Balaban J connectivity index is 1.85. The molecule has 0 saturated heterocycles. The van der Waals surface area contributed by atoms with Gasteiger partial charge in [0.1, 0.15) is 0 Å². The van der Waals surface area contributed by atoms with E-state index in [-0.39, 0.29) is 6.03 Å². The molecule has 0 fully saturated rings. The zero-order valence-electron chi connectivity index (χ0n) is 10.8. The summed E-state index contributed by atoms with van der Waals surface area (Å²) in [7, 11) is 0. The van der Waals surface area contributed by atoms with Crippen molar-refractivity contribution in [2.24, 2.45) is 5.73 Å². The molecule has 0 saturated carbocycles. The van der Waals surface area contributed by atoms with Crippen molar-refractivity contribution in [1.82, 2.24) is 5.32 Å². The molecule has 0 aliphatic rings. The fraction of sp³-hybridized carbons (Fsp3) is 0.0667. The predicted molar refractivity (Wildman–Crippen MR) is 77.3 cm³/mol. The van der Waals surface area contributed by atoms with Crippen LogP contribution in [0.1, 0.15) is 15.9 Å². The molecule has 0 heterocycles. The number of primary amides is 1. The maximum absolute atomic E-state index is 11.7. The van der Waals surface area contributed by atoms with Crippen molar-refractivity contribution in [3.05, 3.63) is 65.7 Å². The Labute approximate surface area is 116 Å². The summed E-state index contributed by atoms with van der Waals surface area (Å²) < 4.78 is 0. The number of carbonyl (C=O) groups excluding carboxylic acids is 2. The molecule has 0 radical (unpaired) electrons. The van der Waals surface area contributed by atoms with Crippen molar-refractivity contribution in [3.63, 3.8) is 0 Å². The fourth-order valence-electron chi connectivity index (χ4n) is 1.67. The molecule has 3 amide bonds. The molecule has 102 valence electrons. The van der Waals surface area contributed by atoms with Crippen LogP contribution in [0.5, 0.6) is 0 Å². The number of amides is 3. The van der Waals surface area contributed by atoms with Crippen molar-refractivity contribution in [2.75, 3.05) is 5.32 Å². The van der Waals surface area contributed by atoms with Crippen LogP contribution in [0.3, 0.4) is 0 Å². The van der Waals surface area contributed by atoms with Crippen LogP contribution in [0.4, 0.5) is 10.5 Å². The largest absolute Gasteiger partial charge is 0.366 e. The number of hydrogen-bond donors (Lipinski definition) is 3. The van der Waals surface area contributed by atoms with Gasteiger partial charge in [0, 0.05) is 17.8 Å². The van der Waals surface area contributed by atoms with Gasteiger partial charge in [0.25, 0.3) is 0 Å². The minimum absolute atomic E-state index is 0.282. The van der Waals surface area contributed by atoms with E-state index in [1.54, 1.807) is 36.4 Å². The number of nitrogens with one attached hydrogen (secondary N) is 2. The molecule has 20 heavy (non-hydrogen) atoms. The van der Waals surface area contributed by atoms with Crippen LogP contribution in [0, 0.1) is 0 Å². The molecule has 5 nitrogen and oxygen atoms in total. The molecule has 2 rings (SSSR count). The lowest BCUT2D eigenvalue weighted by Crippen LogP contribution is -2.28. The maximum Gasteiger partial charge on any atom is 0.319 e. The van der Waals surface area contributed by atoms with E-state index in [1.165, 1.54) is 0 Å². The molecule has 4 N–H and O–H groups in total. The molecule has 2 aromatic rings. The number of carbonyl (C=O) groups is 2. The summed E-state index contributed by atoms with van der Waals surface area (Å²) in [6.07, 6.45) is 0. The Bertz CT molecular complexity index is 594. The standard InChI is InChI=1S/C15H15N3O2/c16-14(19)12-8-6-11(7-9-12)10-17-15(20)18-13-4-2-1-3-5-13/h1-9H,10H2,(H2,16,19)(H2,17,18,20).